The Morgan fingerprint density at radius 1 is 0.943 bits per heavy atom. The predicted molar refractivity (Wildman–Crippen MR) is 143 cm³/mol. The van der Waals surface area contributed by atoms with Crippen molar-refractivity contribution in [3.05, 3.63) is 110 Å². The number of carbonyl (C=O) groups is 1. The molecular formula is C23H13I2N3O7. The van der Waals surface area contributed by atoms with Crippen LogP contribution in [0.1, 0.15) is 16.7 Å². The van der Waals surface area contributed by atoms with Crippen molar-refractivity contribution in [3.63, 3.8) is 0 Å². The van der Waals surface area contributed by atoms with E-state index in [1.165, 1.54) is 36.4 Å². The zero-order valence-electron chi connectivity index (χ0n) is 17.5. The highest BCUT2D eigenvalue weighted by atomic mass is 127. The lowest BCUT2D eigenvalue weighted by Crippen LogP contribution is -2.05. The minimum atomic E-state index is -0.630. The van der Waals surface area contributed by atoms with E-state index in [0.717, 1.165) is 7.14 Å². The molecule has 0 fully saturated rings. The average Bonchev–Trinajstić information content (AvgIpc) is 3.18. The lowest BCUT2D eigenvalue weighted by atomic mass is 10.2. The van der Waals surface area contributed by atoms with Crippen LogP contribution in [0.15, 0.2) is 71.4 Å². The highest BCUT2D eigenvalue weighted by molar-refractivity contribution is 14.1. The molecule has 176 valence electrons. The van der Waals surface area contributed by atoms with E-state index in [9.17, 15) is 25.0 Å². The lowest BCUT2D eigenvalue weighted by Gasteiger charge is -2.11. The maximum absolute atomic E-state index is 12.3. The van der Waals surface area contributed by atoms with Gasteiger partial charge in [0, 0.05) is 29.8 Å². The first kappa shape index (κ1) is 24.7. The Labute approximate surface area is 225 Å². The number of hydrogen-bond acceptors (Lipinski definition) is 8. The molecule has 0 N–H and O–H groups in total. The standard InChI is InChI=1S/C23H13I2N3O7/c24-18-9-14(10-19(25)21(18)34-12-13-2-1-3-17(8-13)28(32)33)11-20-23(29)35-22(26-20)15-4-6-16(7-5-15)27(30)31/h1-11H,12H2/b20-11-. The molecule has 0 atom stereocenters. The number of rotatable bonds is 7. The Kier molecular flexibility index (Phi) is 7.39. The van der Waals surface area contributed by atoms with Crippen LogP contribution in [0, 0.1) is 27.4 Å². The minimum absolute atomic E-state index is 0.00503. The summed E-state index contributed by atoms with van der Waals surface area (Å²) < 4.78 is 12.7. The second-order valence-electron chi connectivity index (χ2n) is 7.17. The van der Waals surface area contributed by atoms with Crippen molar-refractivity contribution in [2.24, 2.45) is 4.99 Å². The normalized spacial score (nSPS) is 13.9. The summed E-state index contributed by atoms with van der Waals surface area (Å²) in [4.78, 5) is 37.4. The van der Waals surface area contributed by atoms with Crippen molar-refractivity contribution in [1.29, 1.82) is 0 Å². The fraction of sp³-hybridized carbons (Fsp3) is 0.0435. The van der Waals surface area contributed by atoms with Gasteiger partial charge in [0.25, 0.3) is 11.4 Å². The van der Waals surface area contributed by atoms with Gasteiger partial charge < -0.3 is 9.47 Å². The van der Waals surface area contributed by atoms with E-state index in [1.54, 1.807) is 18.2 Å². The molecule has 3 aromatic carbocycles. The van der Waals surface area contributed by atoms with Crippen LogP contribution in [0.4, 0.5) is 11.4 Å². The molecule has 1 aliphatic rings. The summed E-state index contributed by atoms with van der Waals surface area (Å²) >= 11 is 4.22. The van der Waals surface area contributed by atoms with Gasteiger partial charge in [0.1, 0.15) is 12.4 Å². The summed E-state index contributed by atoms with van der Waals surface area (Å²) in [6.07, 6.45) is 1.58. The molecule has 0 unspecified atom stereocenters. The molecule has 0 radical (unpaired) electrons. The molecule has 4 rings (SSSR count). The number of nitro benzene ring substituents is 2. The van der Waals surface area contributed by atoms with Gasteiger partial charge in [0.2, 0.25) is 5.90 Å². The molecule has 0 amide bonds. The summed E-state index contributed by atoms with van der Waals surface area (Å²) in [5, 5.41) is 21.8. The number of cyclic esters (lactones) is 1. The fourth-order valence-electron chi connectivity index (χ4n) is 3.13. The third-order valence-electron chi connectivity index (χ3n) is 4.77. The van der Waals surface area contributed by atoms with Crippen molar-refractivity contribution in [2.75, 3.05) is 0 Å². The van der Waals surface area contributed by atoms with Crippen LogP contribution in [-0.4, -0.2) is 21.7 Å². The second-order valence-corrected chi connectivity index (χ2v) is 9.49. The highest BCUT2D eigenvalue weighted by Gasteiger charge is 2.25. The molecule has 0 spiro atoms. The molecule has 0 saturated carbocycles. The Bertz CT molecular complexity index is 1400. The SMILES string of the molecule is O=C1OC(c2ccc([N+](=O)[O-])cc2)=N/C1=C\c1cc(I)c(OCc2cccc([N+](=O)[O-])c2)c(I)c1. The number of hydrogen-bond donors (Lipinski definition) is 0. The lowest BCUT2D eigenvalue weighted by molar-refractivity contribution is -0.385. The van der Waals surface area contributed by atoms with Gasteiger partial charge in [0.05, 0.1) is 17.0 Å². The maximum atomic E-state index is 12.3. The Morgan fingerprint density at radius 2 is 1.60 bits per heavy atom. The number of nitro groups is 2. The molecule has 0 aromatic heterocycles. The largest absolute Gasteiger partial charge is 0.487 e. The predicted octanol–water partition coefficient (Wildman–Crippen LogP) is 5.64. The van der Waals surface area contributed by atoms with Crippen LogP contribution >= 0.6 is 45.2 Å². The van der Waals surface area contributed by atoms with E-state index >= 15 is 0 Å². The molecule has 35 heavy (non-hydrogen) atoms. The average molecular weight is 697 g/mol. The summed E-state index contributed by atoms with van der Waals surface area (Å²) in [6.45, 7) is 0.156. The molecule has 3 aromatic rings. The maximum Gasteiger partial charge on any atom is 0.363 e. The molecule has 0 aliphatic carbocycles. The van der Waals surface area contributed by atoms with E-state index in [4.69, 9.17) is 9.47 Å². The Balaban J connectivity index is 1.53. The molecule has 1 aliphatic heterocycles. The van der Waals surface area contributed by atoms with Crippen LogP contribution in [0.2, 0.25) is 0 Å². The van der Waals surface area contributed by atoms with Gasteiger partial charge in [-0.25, -0.2) is 9.79 Å². The smallest absolute Gasteiger partial charge is 0.363 e. The third-order valence-corrected chi connectivity index (χ3v) is 6.38. The summed E-state index contributed by atoms with van der Waals surface area (Å²) in [5.74, 6) is 0.0516. The van der Waals surface area contributed by atoms with Crippen molar-refractivity contribution in [3.8, 4) is 5.75 Å². The second kappa shape index (κ2) is 10.5. The van der Waals surface area contributed by atoms with Crippen molar-refractivity contribution in [1.82, 2.24) is 0 Å². The quantitative estimate of drug-likeness (QED) is 0.103. The topological polar surface area (TPSA) is 134 Å². The van der Waals surface area contributed by atoms with Crippen LogP contribution in [0.3, 0.4) is 0 Å². The van der Waals surface area contributed by atoms with Crippen LogP contribution in [-0.2, 0) is 16.1 Å². The molecule has 10 nitrogen and oxygen atoms in total. The van der Waals surface area contributed by atoms with E-state index in [-0.39, 0.29) is 29.6 Å². The number of esters is 1. The van der Waals surface area contributed by atoms with Crippen molar-refractivity contribution in [2.45, 2.75) is 6.61 Å². The third kappa shape index (κ3) is 5.82. The molecular weight excluding hydrogens is 684 g/mol. The molecule has 1 heterocycles. The number of halogens is 2. The Hall–Kier alpha value is -3.40. The number of non-ortho nitro benzene ring substituents is 2. The monoisotopic (exact) mass is 697 g/mol. The number of aliphatic imine (C=N–C) groups is 1. The molecule has 0 bridgehead atoms. The number of ether oxygens (including phenoxy) is 2. The number of benzene rings is 3. The van der Waals surface area contributed by atoms with Gasteiger partial charge in [-0.1, -0.05) is 12.1 Å². The summed E-state index contributed by atoms with van der Waals surface area (Å²) in [5.41, 5.74) is 1.82. The van der Waals surface area contributed by atoms with Crippen molar-refractivity contribution < 1.29 is 24.1 Å². The molecule has 0 saturated heterocycles. The van der Waals surface area contributed by atoms with Gasteiger partial charge in [-0.3, -0.25) is 20.2 Å². The van der Waals surface area contributed by atoms with Crippen LogP contribution in [0.25, 0.3) is 6.08 Å². The summed E-state index contributed by atoms with van der Waals surface area (Å²) in [7, 11) is 0. The highest BCUT2D eigenvalue weighted by Crippen LogP contribution is 2.31. The minimum Gasteiger partial charge on any atom is -0.487 e. The Morgan fingerprint density at radius 3 is 2.23 bits per heavy atom. The van der Waals surface area contributed by atoms with E-state index in [2.05, 4.69) is 50.2 Å². The van der Waals surface area contributed by atoms with Crippen molar-refractivity contribution >= 4 is 74.5 Å². The fourth-order valence-corrected chi connectivity index (χ4v) is 5.26. The zero-order valence-corrected chi connectivity index (χ0v) is 21.8. The van der Waals surface area contributed by atoms with E-state index < -0.39 is 15.8 Å². The first-order chi connectivity index (χ1) is 16.7. The summed E-state index contributed by atoms with van der Waals surface area (Å²) in [6, 6.07) is 15.4. The van der Waals surface area contributed by atoms with Gasteiger partial charge in [-0.05, 0) is 86.7 Å². The van der Waals surface area contributed by atoms with Crippen LogP contribution < -0.4 is 4.74 Å². The first-order valence-electron chi connectivity index (χ1n) is 9.84. The van der Waals surface area contributed by atoms with Gasteiger partial charge in [0.15, 0.2) is 5.70 Å². The van der Waals surface area contributed by atoms with Gasteiger partial charge in [-0.2, -0.15) is 0 Å². The van der Waals surface area contributed by atoms with Crippen LogP contribution in [0.5, 0.6) is 5.75 Å². The first-order valence-corrected chi connectivity index (χ1v) is 12.0. The number of carbonyl (C=O) groups excluding carboxylic acids is 1. The van der Waals surface area contributed by atoms with Gasteiger partial charge >= 0.3 is 5.97 Å². The zero-order chi connectivity index (χ0) is 25.1. The van der Waals surface area contributed by atoms with E-state index in [0.29, 0.717) is 22.4 Å². The van der Waals surface area contributed by atoms with Gasteiger partial charge in [-0.15, -0.1) is 0 Å². The van der Waals surface area contributed by atoms with E-state index in [1.807, 2.05) is 12.1 Å². The number of nitrogens with zero attached hydrogens (tertiary/aromatic N) is 3. The molecule has 12 heteroatoms.